The molecule has 0 aliphatic heterocycles. The summed E-state index contributed by atoms with van der Waals surface area (Å²) in [5.41, 5.74) is 2.15. The van der Waals surface area contributed by atoms with Gasteiger partial charge in [-0.25, -0.2) is 0 Å². The van der Waals surface area contributed by atoms with Gasteiger partial charge in [-0.2, -0.15) is 0 Å². The minimum atomic E-state index is -0.175. The molecule has 3 nitrogen and oxygen atoms in total. The Kier molecular flexibility index (Phi) is 6.10. The summed E-state index contributed by atoms with van der Waals surface area (Å²) in [7, 11) is 0. The Balaban J connectivity index is 1.74. The summed E-state index contributed by atoms with van der Waals surface area (Å²) in [6, 6.07) is 13.0. The third kappa shape index (κ3) is 5.24. The third-order valence-corrected chi connectivity index (χ3v) is 3.66. The van der Waals surface area contributed by atoms with E-state index in [4.69, 9.17) is 27.9 Å². The van der Waals surface area contributed by atoms with Gasteiger partial charge in [0.15, 0.2) is 6.61 Å². The number of nitrogens with one attached hydrogen (secondary N) is 1. The average molecular weight is 338 g/mol. The second-order valence-electron chi connectivity index (χ2n) is 4.95. The normalized spacial score (nSPS) is 10.3. The van der Waals surface area contributed by atoms with Crippen molar-refractivity contribution in [3.05, 3.63) is 63.6 Å². The Morgan fingerprint density at radius 1 is 1.14 bits per heavy atom. The van der Waals surface area contributed by atoms with Gasteiger partial charge in [0.25, 0.3) is 5.91 Å². The zero-order valence-electron chi connectivity index (χ0n) is 12.2. The summed E-state index contributed by atoms with van der Waals surface area (Å²) in [5, 5.41) is 4.01. The fraction of sp³-hybridized carbons (Fsp3) is 0.235. The van der Waals surface area contributed by atoms with Crippen LogP contribution in [0.25, 0.3) is 0 Å². The predicted octanol–water partition coefficient (Wildman–Crippen LogP) is 4.04. The van der Waals surface area contributed by atoms with E-state index in [0.717, 1.165) is 17.5 Å². The molecule has 0 unspecified atom stereocenters. The first kappa shape index (κ1) is 16.7. The van der Waals surface area contributed by atoms with Crippen LogP contribution in [0.5, 0.6) is 5.75 Å². The molecule has 0 bridgehead atoms. The SMILES string of the molecule is Cc1ccc(Cl)c(OCC(=O)NCCc2ccc(Cl)cc2)c1. The number of halogens is 2. The minimum Gasteiger partial charge on any atom is -0.482 e. The van der Waals surface area contributed by atoms with Gasteiger partial charge in [-0.3, -0.25) is 4.79 Å². The van der Waals surface area contributed by atoms with E-state index in [1.165, 1.54) is 0 Å². The van der Waals surface area contributed by atoms with E-state index in [1.54, 1.807) is 6.07 Å². The Hall–Kier alpha value is -1.71. The topological polar surface area (TPSA) is 38.3 Å². The van der Waals surface area contributed by atoms with Crippen molar-refractivity contribution in [2.24, 2.45) is 0 Å². The summed E-state index contributed by atoms with van der Waals surface area (Å²) in [4.78, 5) is 11.8. The lowest BCUT2D eigenvalue weighted by Crippen LogP contribution is -2.30. The highest BCUT2D eigenvalue weighted by atomic mass is 35.5. The molecule has 0 aliphatic carbocycles. The van der Waals surface area contributed by atoms with E-state index in [-0.39, 0.29) is 12.5 Å². The third-order valence-electron chi connectivity index (χ3n) is 3.09. The molecular weight excluding hydrogens is 321 g/mol. The lowest BCUT2D eigenvalue weighted by molar-refractivity contribution is -0.123. The van der Waals surface area contributed by atoms with Crippen LogP contribution in [0, 0.1) is 6.92 Å². The number of carbonyl (C=O) groups is 1. The van der Waals surface area contributed by atoms with E-state index in [1.807, 2.05) is 43.3 Å². The van der Waals surface area contributed by atoms with Crippen molar-refractivity contribution in [3.8, 4) is 5.75 Å². The quantitative estimate of drug-likeness (QED) is 0.863. The summed E-state index contributed by atoms with van der Waals surface area (Å²) in [6.07, 6.45) is 0.744. The molecule has 116 valence electrons. The number of ether oxygens (including phenoxy) is 1. The maximum atomic E-state index is 11.8. The summed E-state index contributed by atoms with van der Waals surface area (Å²) in [6.45, 7) is 2.44. The molecule has 0 aliphatic rings. The Morgan fingerprint density at radius 3 is 2.59 bits per heavy atom. The number of amides is 1. The van der Waals surface area contributed by atoms with Crippen LogP contribution in [0.15, 0.2) is 42.5 Å². The van der Waals surface area contributed by atoms with Crippen LogP contribution in [-0.4, -0.2) is 19.1 Å². The van der Waals surface area contributed by atoms with Gasteiger partial charge in [0.05, 0.1) is 5.02 Å². The molecule has 5 heteroatoms. The molecule has 0 radical (unpaired) electrons. The largest absolute Gasteiger partial charge is 0.482 e. The van der Waals surface area contributed by atoms with Crippen LogP contribution in [0.4, 0.5) is 0 Å². The molecule has 0 spiro atoms. The van der Waals surface area contributed by atoms with Crippen molar-refractivity contribution < 1.29 is 9.53 Å². The van der Waals surface area contributed by atoms with Gasteiger partial charge in [0.2, 0.25) is 0 Å². The molecular formula is C17H17Cl2NO2. The van der Waals surface area contributed by atoms with Crippen molar-refractivity contribution in [2.75, 3.05) is 13.2 Å². The molecule has 0 saturated carbocycles. The lowest BCUT2D eigenvalue weighted by atomic mass is 10.1. The van der Waals surface area contributed by atoms with E-state index < -0.39 is 0 Å². The number of hydrogen-bond donors (Lipinski definition) is 1. The molecule has 1 N–H and O–H groups in total. The molecule has 22 heavy (non-hydrogen) atoms. The summed E-state index contributed by atoms with van der Waals surface area (Å²) in [5.74, 6) is 0.348. The van der Waals surface area contributed by atoms with E-state index in [2.05, 4.69) is 5.32 Å². The first-order valence-electron chi connectivity index (χ1n) is 6.94. The second kappa shape index (κ2) is 8.06. The molecule has 2 aromatic rings. The Labute approximate surface area is 140 Å². The van der Waals surface area contributed by atoms with Crippen LogP contribution in [0.1, 0.15) is 11.1 Å². The molecule has 0 fully saturated rings. The zero-order chi connectivity index (χ0) is 15.9. The highest BCUT2D eigenvalue weighted by Gasteiger charge is 2.06. The maximum Gasteiger partial charge on any atom is 0.257 e. The molecule has 2 aromatic carbocycles. The standard InChI is InChI=1S/C17H17Cl2NO2/c1-12-2-7-15(19)16(10-12)22-11-17(21)20-9-8-13-3-5-14(18)6-4-13/h2-7,10H,8-9,11H2,1H3,(H,20,21). The van der Waals surface area contributed by atoms with Crippen molar-refractivity contribution in [1.29, 1.82) is 0 Å². The second-order valence-corrected chi connectivity index (χ2v) is 5.79. The molecule has 0 saturated heterocycles. The minimum absolute atomic E-state index is 0.0518. The number of benzene rings is 2. The van der Waals surface area contributed by atoms with Crippen LogP contribution in [-0.2, 0) is 11.2 Å². The number of rotatable bonds is 6. The summed E-state index contributed by atoms with van der Waals surface area (Å²) < 4.78 is 5.44. The highest BCUT2D eigenvalue weighted by molar-refractivity contribution is 6.32. The number of aryl methyl sites for hydroxylation is 1. The highest BCUT2D eigenvalue weighted by Crippen LogP contribution is 2.24. The fourth-order valence-electron chi connectivity index (χ4n) is 1.91. The average Bonchev–Trinajstić information content (AvgIpc) is 2.50. The number of carbonyl (C=O) groups excluding carboxylic acids is 1. The van der Waals surface area contributed by atoms with Gasteiger partial charge < -0.3 is 10.1 Å². The smallest absolute Gasteiger partial charge is 0.257 e. The van der Waals surface area contributed by atoms with Gasteiger partial charge in [-0.05, 0) is 48.7 Å². The molecule has 2 rings (SSSR count). The lowest BCUT2D eigenvalue weighted by Gasteiger charge is -2.09. The van der Waals surface area contributed by atoms with Crippen LogP contribution in [0.3, 0.4) is 0 Å². The van der Waals surface area contributed by atoms with Crippen LogP contribution >= 0.6 is 23.2 Å². The first-order valence-corrected chi connectivity index (χ1v) is 7.70. The molecule has 0 atom stereocenters. The van der Waals surface area contributed by atoms with Crippen molar-refractivity contribution in [2.45, 2.75) is 13.3 Å². The Morgan fingerprint density at radius 2 is 1.86 bits per heavy atom. The fourth-order valence-corrected chi connectivity index (χ4v) is 2.21. The van der Waals surface area contributed by atoms with Crippen molar-refractivity contribution >= 4 is 29.1 Å². The molecule has 1 amide bonds. The van der Waals surface area contributed by atoms with Crippen molar-refractivity contribution in [3.63, 3.8) is 0 Å². The monoisotopic (exact) mass is 337 g/mol. The van der Waals surface area contributed by atoms with Gasteiger partial charge in [-0.15, -0.1) is 0 Å². The predicted molar refractivity (Wildman–Crippen MR) is 89.8 cm³/mol. The van der Waals surface area contributed by atoms with Gasteiger partial charge in [-0.1, -0.05) is 41.4 Å². The first-order chi connectivity index (χ1) is 10.5. The Bertz CT molecular complexity index is 642. The van der Waals surface area contributed by atoms with E-state index in [9.17, 15) is 4.79 Å². The molecule has 0 aromatic heterocycles. The van der Waals surface area contributed by atoms with E-state index in [0.29, 0.717) is 22.3 Å². The van der Waals surface area contributed by atoms with Crippen LogP contribution < -0.4 is 10.1 Å². The molecule has 0 heterocycles. The van der Waals surface area contributed by atoms with Gasteiger partial charge in [0, 0.05) is 11.6 Å². The van der Waals surface area contributed by atoms with Crippen molar-refractivity contribution in [1.82, 2.24) is 5.32 Å². The maximum absolute atomic E-state index is 11.8. The summed E-state index contributed by atoms with van der Waals surface area (Å²) >= 11 is 11.8. The van der Waals surface area contributed by atoms with E-state index >= 15 is 0 Å². The van der Waals surface area contributed by atoms with Gasteiger partial charge in [0.1, 0.15) is 5.75 Å². The van der Waals surface area contributed by atoms with Crippen LogP contribution in [0.2, 0.25) is 10.0 Å². The van der Waals surface area contributed by atoms with Gasteiger partial charge >= 0.3 is 0 Å². The number of hydrogen-bond acceptors (Lipinski definition) is 2. The zero-order valence-corrected chi connectivity index (χ0v) is 13.7.